The molecule has 2 aromatic heterocycles. The van der Waals surface area contributed by atoms with Crippen molar-refractivity contribution in [3.05, 3.63) is 48.7 Å². The number of hydrogen-bond acceptors (Lipinski definition) is 7. The van der Waals surface area contributed by atoms with Crippen LogP contribution in [-0.2, 0) is 4.79 Å². The highest BCUT2D eigenvalue weighted by molar-refractivity contribution is 5.77. The fraction of sp³-hybridized carbons (Fsp3) is 0.381. The Morgan fingerprint density at radius 2 is 1.83 bits per heavy atom. The van der Waals surface area contributed by atoms with E-state index in [-0.39, 0.29) is 18.4 Å². The van der Waals surface area contributed by atoms with E-state index in [0.717, 1.165) is 24.2 Å². The van der Waals surface area contributed by atoms with Gasteiger partial charge in [-0.2, -0.15) is 0 Å². The topological polar surface area (TPSA) is 90.8 Å². The van der Waals surface area contributed by atoms with Gasteiger partial charge in [0, 0.05) is 19.0 Å². The average molecular weight is 397 g/mol. The predicted molar refractivity (Wildman–Crippen MR) is 104 cm³/mol. The normalized spacial score (nSPS) is 14.7. The SMILES string of the molecule is CCOc1ccc(OCC(=O)N2CCC(c3nnc(-c4ccoc4)o3)CC2)cc1. The van der Waals surface area contributed by atoms with Crippen molar-refractivity contribution < 1.29 is 23.1 Å². The Kier molecular flexibility index (Phi) is 5.79. The lowest BCUT2D eigenvalue weighted by Crippen LogP contribution is -2.40. The van der Waals surface area contributed by atoms with E-state index >= 15 is 0 Å². The molecule has 8 heteroatoms. The maximum atomic E-state index is 12.5. The van der Waals surface area contributed by atoms with Crippen LogP contribution in [0, 0.1) is 0 Å². The lowest BCUT2D eigenvalue weighted by molar-refractivity contribution is -0.134. The Hall–Kier alpha value is -3.29. The van der Waals surface area contributed by atoms with Gasteiger partial charge in [0.25, 0.3) is 11.8 Å². The Morgan fingerprint density at radius 3 is 2.48 bits per heavy atom. The number of amides is 1. The third-order valence-electron chi connectivity index (χ3n) is 4.90. The minimum absolute atomic E-state index is 0.0177. The summed E-state index contributed by atoms with van der Waals surface area (Å²) < 4.78 is 21.8. The number of ether oxygens (including phenoxy) is 2. The first-order chi connectivity index (χ1) is 14.2. The maximum absolute atomic E-state index is 12.5. The van der Waals surface area contributed by atoms with E-state index in [9.17, 15) is 4.79 Å². The molecule has 0 atom stereocenters. The van der Waals surface area contributed by atoms with Crippen LogP contribution >= 0.6 is 0 Å². The molecule has 0 bridgehead atoms. The van der Waals surface area contributed by atoms with Crippen LogP contribution in [0.3, 0.4) is 0 Å². The average Bonchev–Trinajstić information content (AvgIpc) is 3.45. The van der Waals surface area contributed by atoms with Crippen LogP contribution in [0.25, 0.3) is 11.5 Å². The molecule has 0 spiro atoms. The van der Waals surface area contributed by atoms with Gasteiger partial charge >= 0.3 is 0 Å². The van der Waals surface area contributed by atoms with Gasteiger partial charge in [0.05, 0.1) is 18.4 Å². The summed E-state index contributed by atoms with van der Waals surface area (Å²) in [5, 5.41) is 8.25. The van der Waals surface area contributed by atoms with Gasteiger partial charge in [-0.05, 0) is 50.1 Å². The van der Waals surface area contributed by atoms with Crippen molar-refractivity contribution in [3.8, 4) is 23.0 Å². The zero-order chi connectivity index (χ0) is 20.1. The molecule has 3 heterocycles. The van der Waals surface area contributed by atoms with Gasteiger partial charge in [-0.3, -0.25) is 4.79 Å². The third-order valence-corrected chi connectivity index (χ3v) is 4.90. The summed E-state index contributed by atoms with van der Waals surface area (Å²) in [4.78, 5) is 14.3. The Bertz CT molecular complexity index is 912. The van der Waals surface area contributed by atoms with Gasteiger partial charge < -0.3 is 23.2 Å². The van der Waals surface area contributed by atoms with Gasteiger partial charge in [-0.1, -0.05) is 0 Å². The highest BCUT2D eigenvalue weighted by atomic mass is 16.5. The zero-order valence-corrected chi connectivity index (χ0v) is 16.2. The second-order valence-corrected chi connectivity index (χ2v) is 6.81. The largest absolute Gasteiger partial charge is 0.494 e. The van der Waals surface area contributed by atoms with E-state index < -0.39 is 0 Å². The zero-order valence-electron chi connectivity index (χ0n) is 16.2. The van der Waals surface area contributed by atoms with E-state index in [4.69, 9.17) is 18.3 Å². The molecule has 0 radical (unpaired) electrons. The van der Waals surface area contributed by atoms with Gasteiger partial charge in [-0.15, -0.1) is 10.2 Å². The number of furan rings is 1. The quantitative estimate of drug-likeness (QED) is 0.602. The molecule has 1 aliphatic rings. The highest BCUT2D eigenvalue weighted by Gasteiger charge is 2.27. The van der Waals surface area contributed by atoms with E-state index in [2.05, 4.69) is 10.2 Å². The number of hydrogen-bond donors (Lipinski definition) is 0. The molecule has 0 unspecified atom stereocenters. The molecule has 1 amide bonds. The highest BCUT2D eigenvalue weighted by Crippen LogP contribution is 2.29. The number of nitrogens with zero attached hydrogens (tertiary/aromatic N) is 3. The molecule has 3 aromatic rings. The van der Waals surface area contributed by atoms with Crippen LogP contribution in [0.4, 0.5) is 0 Å². The fourth-order valence-corrected chi connectivity index (χ4v) is 3.31. The number of piperidine rings is 1. The van der Waals surface area contributed by atoms with Crippen LogP contribution in [0.15, 0.2) is 51.7 Å². The maximum Gasteiger partial charge on any atom is 0.260 e. The summed E-state index contributed by atoms with van der Waals surface area (Å²) in [5.41, 5.74) is 0.766. The fourth-order valence-electron chi connectivity index (χ4n) is 3.31. The minimum atomic E-state index is -0.0260. The van der Waals surface area contributed by atoms with Gasteiger partial charge in [0.2, 0.25) is 5.89 Å². The van der Waals surface area contributed by atoms with E-state index in [1.54, 1.807) is 30.7 Å². The number of likely N-dealkylation sites (tertiary alicyclic amines) is 1. The molecule has 152 valence electrons. The lowest BCUT2D eigenvalue weighted by Gasteiger charge is -2.30. The van der Waals surface area contributed by atoms with Crippen LogP contribution < -0.4 is 9.47 Å². The third kappa shape index (κ3) is 4.59. The molecule has 8 nitrogen and oxygen atoms in total. The Morgan fingerprint density at radius 1 is 1.10 bits per heavy atom. The molecular formula is C21H23N3O5. The summed E-state index contributed by atoms with van der Waals surface area (Å²) >= 11 is 0. The molecule has 1 aliphatic heterocycles. The van der Waals surface area contributed by atoms with Crippen molar-refractivity contribution in [1.82, 2.24) is 15.1 Å². The van der Waals surface area contributed by atoms with E-state index in [1.807, 2.05) is 24.0 Å². The number of benzene rings is 1. The molecular weight excluding hydrogens is 374 g/mol. The van der Waals surface area contributed by atoms with Gasteiger partial charge in [-0.25, -0.2) is 0 Å². The number of carbonyl (C=O) groups is 1. The van der Waals surface area contributed by atoms with Gasteiger partial charge in [0.15, 0.2) is 6.61 Å². The summed E-state index contributed by atoms with van der Waals surface area (Å²) in [6.45, 7) is 3.84. The Balaban J connectivity index is 1.25. The van der Waals surface area contributed by atoms with Crippen molar-refractivity contribution >= 4 is 5.91 Å². The molecule has 1 saturated heterocycles. The summed E-state index contributed by atoms with van der Waals surface area (Å²) in [6, 6.07) is 9.05. The standard InChI is InChI=1S/C21H23N3O5/c1-2-27-17-3-5-18(6-4-17)28-14-19(25)24-10-7-15(8-11-24)20-22-23-21(29-20)16-9-12-26-13-16/h3-6,9,12-13,15H,2,7-8,10-11,14H2,1H3. The second-order valence-electron chi connectivity index (χ2n) is 6.81. The van der Waals surface area contributed by atoms with E-state index in [0.29, 0.717) is 37.2 Å². The van der Waals surface area contributed by atoms with Crippen molar-refractivity contribution in [1.29, 1.82) is 0 Å². The van der Waals surface area contributed by atoms with Crippen molar-refractivity contribution in [3.63, 3.8) is 0 Å². The molecule has 4 rings (SSSR count). The van der Waals surface area contributed by atoms with Crippen molar-refractivity contribution in [2.24, 2.45) is 0 Å². The molecule has 0 N–H and O–H groups in total. The van der Waals surface area contributed by atoms with Crippen molar-refractivity contribution in [2.75, 3.05) is 26.3 Å². The van der Waals surface area contributed by atoms with E-state index in [1.165, 1.54) is 0 Å². The summed E-state index contributed by atoms with van der Waals surface area (Å²) in [6.07, 6.45) is 4.70. The second kappa shape index (κ2) is 8.81. The van der Waals surface area contributed by atoms with Crippen molar-refractivity contribution in [2.45, 2.75) is 25.7 Å². The van der Waals surface area contributed by atoms with Crippen LogP contribution in [0.2, 0.25) is 0 Å². The molecule has 1 aromatic carbocycles. The molecule has 29 heavy (non-hydrogen) atoms. The number of aromatic nitrogens is 2. The minimum Gasteiger partial charge on any atom is -0.494 e. The molecule has 0 saturated carbocycles. The first-order valence-corrected chi connectivity index (χ1v) is 9.72. The molecule has 0 aliphatic carbocycles. The first-order valence-electron chi connectivity index (χ1n) is 9.72. The first kappa shape index (κ1) is 19.0. The summed E-state index contributed by atoms with van der Waals surface area (Å²) in [7, 11) is 0. The predicted octanol–water partition coefficient (Wildman–Crippen LogP) is 3.51. The monoisotopic (exact) mass is 397 g/mol. The van der Waals surface area contributed by atoms with Crippen LogP contribution in [-0.4, -0.2) is 47.3 Å². The number of carbonyl (C=O) groups excluding carboxylic acids is 1. The Labute approximate surface area is 168 Å². The van der Waals surface area contributed by atoms with Gasteiger partial charge in [0.1, 0.15) is 17.8 Å². The van der Waals surface area contributed by atoms with Crippen LogP contribution in [0.5, 0.6) is 11.5 Å². The van der Waals surface area contributed by atoms with Crippen LogP contribution in [0.1, 0.15) is 31.6 Å². The lowest BCUT2D eigenvalue weighted by atomic mass is 9.97. The summed E-state index contributed by atoms with van der Waals surface area (Å²) in [5.74, 6) is 2.62. The molecule has 1 fully saturated rings. The smallest absolute Gasteiger partial charge is 0.260 e. The number of rotatable bonds is 7.